The lowest BCUT2D eigenvalue weighted by Gasteiger charge is -2.15. The lowest BCUT2D eigenvalue weighted by atomic mass is 10.1. The fourth-order valence-electron chi connectivity index (χ4n) is 1.31. The summed E-state index contributed by atoms with van der Waals surface area (Å²) in [5.41, 5.74) is -0.221. The third-order valence-electron chi connectivity index (χ3n) is 2.02. The summed E-state index contributed by atoms with van der Waals surface area (Å²) in [4.78, 5) is 3.60. The Morgan fingerprint density at radius 2 is 2.12 bits per heavy atom. The summed E-state index contributed by atoms with van der Waals surface area (Å²) in [6.07, 6.45) is -4.16. The van der Waals surface area contributed by atoms with E-state index in [4.69, 9.17) is 5.26 Å². The zero-order valence-electron chi connectivity index (χ0n) is 8.81. The molecule has 0 spiro atoms. The van der Waals surface area contributed by atoms with Gasteiger partial charge in [-0.15, -0.1) is 13.2 Å². The minimum Gasteiger partial charge on any atom is -0.404 e. The van der Waals surface area contributed by atoms with Crippen LogP contribution >= 0.6 is 0 Å². The zero-order chi connectivity index (χ0) is 13.1. The Bertz CT molecular complexity index is 451. The van der Waals surface area contributed by atoms with Gasteiger partial charge in [0.25, 0.3) is 0 Å². The van der Waals surface area contributed by atoms with Crippen LogP contribution in [0.3, 0.4) is 0 Å². The number of hydrogen-bond acceptors (Lipinski definition) is 3. The van der Waals surface area contributed by atoms with E-state index in [-0.39, 0.29) is 23.2 Å². The molecule has 0 fully saturated rings. The molecule has 7 heteroatoms. The summed E-state index contributed by atoms with van der Waals surface area (Å²) in [7, 11) is 0. The maximum atomic E-state index is 12.6. The lowest BCUT2D eigenvalue weighted by Crippen LogP contribution is -2.19. The molecular formula is C10H8F4N2O. The molecule has 0 aliphatic carbocycles. The molecule has 1 aromatic heterocycles. The number of alkyl halides is 4. The largest absolute Gasteiger partial charge is 0.573 e. The van der Waals surface area contributed by atoms with Crippen molar-refractivity contribution in [2.45, 2.75) is 26.4 Å². The third kappa shape index (κ3) is 3.31. The van der Waals surface area contributed by atoms with Crippen LogP contribution in [0.5, 0.6) is 5.75 Å². The molecule has 1 heterocycles. The number of halogens is 4. The molecular weight excluding hydrogens is 240 g/mol. The first-order chi connectivity index (χ1) is 7.89. The van der Waals surface area contributed by atoms with Gasteiger partial charge in [0, 0.05) is 17.3 Å². The molecule has 0 aromatic carbocycles. The number of nitrogens with zero attached hydrogens (tertiary/aromatic N) is 2. The first kappa shape index (κ1) is 13.2. The van der Waals surface area contributed by atoms with Crippen molar-refractivity contribution in [2.75, 3.05) is 0 Å². The second-order valence-corrected chi connectivity index (χ2v) is 3.19. The lowest BCUT2D eigenvalue weighted by molar-refractivity contribution is -0.275. The van der Waals surface area contributed by atoms with Gasteiger partial charge in [-0.3, -0.25) is 4.98 Å². The van der Waals surface area contributed by atoms with E-state index < -0.39 is 18.8 Å². The fourth-order valence-corrected chi connectivity index (χ4v) is 1.31. The van der Waals surface area contributed by atoms with Gasteiger partial charge in [0.05, 0.1) is 18.2 Å². The summed E-state index contributed by atoms with van der Waals surface area (Å²) in [6.45, 7) is 0.294. The zero-order valence-corrected chi connectivity index (χ0v) is 8.81. The molecule has 0 N–H and O–H groups in total. The van der Waals surface area contributed by atoms with Gasteiger partial charge < -0.3 is 4.74 Å². The number of rotatable bonds is 3. The smallest absolute Gasteiger partial charge is 0.404 e. The summed E-state index contributed by atoms with van der Waals surface area (Å²) < 4.78 is 52.8. The monoisotopic (exact) mass is 248 g/mol. The van der Waals surface area contributed by atoms with E-state index in [1.54, 1.807) is 6.07 Å². The average Bonchev–Trinajstić information content (AvgIpc) is 2.22. The van der Waals surface area contributed by atoms with Gasteiger partial charge in [-0.2, -0.15) is 5.26 Å². The second kappa shape index (κ2) is 4.99. The van der Waals surface area contributed by atoms with E-state index in [1.165, 1.54) is 6.92 Å². The minimum absolute atomic E-state index is 0.0372. The van der Waals surface area contributed by atoms with Gasteiger partial charge in [0.2, 0.25) is 0 Å². The molecule has 92 valence electrons. The van der Waals surface area contributed by atoms with Crippen LogP contribution in [0.15, 0.2) is 6.20 Å². The van der Waals surface area contributed by atoms with Gasteiger partial charge in [-0.05, 0) is 6.92 Å². The highest BCUT2D eigenvalue weighted by molar-refractivity contribution is 5.43. The van der Waals surface area contributed by atoms with Crippen molar-refractivity contribution in [2.24, 2.45) is 0 Å². The van der Waals surface area contributed by atoms with Gasteiger partial charge in [0.1, 0.15) is 6.67 Å². The summed E-state index contributed by atoms with van der Waals surface area (Å²) >= 11 is 0. The quantitative estimate of drug-likeness (QED) is 0.772. The average molecular weight is 248 g/mol. The predicted octanol–water partition coefficient (Wildman–Crippen LogP) is 2.82. The minimum atomic E-state index is -4.90. The molecule has 0 amide bonds. The predicted molar refractivity (Wildman–Crippen MR) is 49.8 cm³/mol. The van der Waals surface area contributed by atoms with Crippen LogP contribution in [0.2, 0.25) is 0 Å². The second-order valence-electron chi connectivity index (χ2n) is 3.19. The maximum absolute atomic E-state index is 12.6. The van der Waals surface area contributed by atoms with E-state index in [0.717, 1.165) is 6.20 Å². The summed E-state index contributed by atoms with van der Waals surface area (Å²) in [5.74, 6) is -0.589. The molecule has 0 aliphatic rings. The SMILES string of the molecule is Cc1ncc(CF)c(CC#N)c1OC(F)(F)F. The molecule has 3 nitrogen and oxygen atoms in total. The van der Waals surface area contributed by atoms with Crippen LogP contribution in [0.1, 0.15) is 16.8 Å². The Morgan fingerprint density at radius 1 is 1.47 bits per heavy atom. The number of hydrogen-bond donors (Lipinski definition) is 0. The Labute approximate surface area is 94.6 Å². The summed E-state index contributed by atoms with van der Waals surface area (Å²) in [5, 5.41) is 8.52. The van der Waals surface area contributed by atoms with E-state index in [9.17, 15) is 17.6 Å². The molecule has 17 heavy (non-hydrogen) atoms. The Balaban J connectivity index is 3.29. The van der Waals surface area contributed by atoms with Crippen LogP contribution in [-0.4, -0.2) is 11.3 Å². The molecule has 0 bridgehead atoms. The third-order valence-corrected chi connectivity index (χ3v) is 2.02. The Hall–Kier alpha value is -1.84. The van der Waals surface area contributed by atoms with E-state index in [1.807, 2.05) is 0 Å². The Kier molecular flexibility index (Phi) is 3.89. The first-order valence-electron chi connectivity index (χ1n) is 4.55. The molecule has 0 saturated carbocycles. The van der Waals surface area contributed by atoms with Crippen molar-refractivity contribution < 1.29 is 22.3 Å². The molecule has 0 radical (unpaired) electrons. The molecule has 1 aromatic rings. The number of pyridine rings is 1. The molecule has 0 aliphatic heterocycles. The van der Waals surface area contributed by atoms with Gasteiger partial charge in [-0.1, -0.05) is 0 Å². The van der Waals surface area contributed by atoms with Crippen LogP contribution < -0.4 is 4.74 Å². The van der Waals surface area contributed by atoms with Gasteiger partial charge in [0.15, 0.2) is 5.75 Å². The van der Waals surface area contributed by atoms with Crippen LogP contribution in [0.4, 0.5) is 17.6 Å². The van der Waals surface area contributed by atoms with Gasteiger partial charge in [-0.25, -0.2) is 4.39 Å². The molecule has 0 unspecified atom stereocenters. The highest BCUT2D eigenvalue weighted by Gasteiger charge is 2.33. The highest BCUT2D eigenvalue weighted by Crippen LogP contribution is 2.31. The van der Waals surface area contributed by atoms with Crippen LogP contribution in [-0.2, 0) is 13.1 Å². The van der Waals surface area contributed by atoms with Crippen molar-refractivity contribution in [1.82, 2.24) is 4.98 Å². The number of nitriles is 1. The van der Waals surface area contributed by atoms with Gasteiger partial charge >= 0.3 is 6.36 Å². The van der Waals surface area contributed by atoms with E-state index in [2.05, 4.69) is 9.72 Å². The van der Waals surface area contributed by atoms with Crippen molar-refractivity contribution >= 4 is 0 Å². The number of aromatic nitrogens is 1. The van der Waals surface area contributed by atoms with E-state index >= 15 is 0 Å². The maximum Gasteiger partial charge on any atom is 0.573 e. The number of ether oxygens (including phenoxy) is 1. The normalized spacial score (nSPS) is 11.1. The van der Waals surface area contributed by atoms with E-state index in [0.29, 0.717) is 0 Å². The standard InChI is InChI=1S/C10H8F4N2O/c1-6-9(17-10(12,13)14)8(2-3-15)7(4-11)5-16-6/h5H,2,4H2,1H3. The van der Waals surface area contributed by atoms with Crippen molar-refractivity contribution in [3.05, 3.63) is 23.0 Å². The number of aryl methyl sites for hydroxylation is 1. The van der Waals surface area contributed by atoms with Crippen LogP contribution in [0.25, 0.3) is 0 Å². The molecule has 0 saturated heterocycles. The first-order valence-corrected chi connectivity index (χ1v) is 4.55. The highest BCUT2D eigenvalue weighted by atomic mass is 19.4. The summed E-state index contributed by atoms with van der Waals surface area (Å²) in [6, 6.07) is 1.67. The molecule has 0 atom stereocenters. The van der Waals surface area contributed by atoms with Crippen molar-refractivity contribution in [3.8, 4) is 11.8 Å². The van der Waals surface area contributed by atoms with Crippen molar-refractivity contribution in [3.63, 3.8) is 0 Å². The van der Waals surface area contributed by atoms with Crippen molar-refractivity contribution in [1.29, 1.82) is 5.26 Å². The Morgan fingerprint density at radius 3 is 2.59 bits per heavy atom. The van der Waals surface area contributed by atoms with Crippen LogP contribution in [0, 0.1) is 18.3 Å². The topological polar surface area (TPSA) is 45.9 Å². The fraction of sp³-hybridized carbons (Fsp3) is 0.400. The molecule has 1 rings (SSSR count).